The normalized spacial score (nSPS) is 11.3. The minimum atomic E-state index is -0.330. The summed E-state index contributed by atoms with van der Waals surface area (Å²) in [5, 5.41) is 2.91. The molecule has 1 rings (SSSR count). The van der Waals surface area contributed by atoms with Crippen molar-refractivity contribution in [2.45, 2.75) is 46.1 Å². The van der Waals surface area contributed by atoms with Gasteiger partial charge in [-0.2, -0.15) is 0 Å². The number of carbonyl (C=O) groups excluding carboxylic acids is 1. The first-order valence-corrected chi connectivity index (χ1v) is 6.47. The number of hydrogen-bond acceptors (Lipinski definition) is 3. The van der Waals surface area contributed by atoms with Crippen LogP contribution in [0.25, 0.3) is 0 Å². The molecule has 19 heavy (non-hydrogen) atoms. The maximum atomic E-state index is 11.9. The van der Waals surface area contributed by atoms with Crippen molar-refractivity contribution in [3.8, 4) is 5.75 Å². The van der Waals surface area contributed by atoms with Gasteiger partial charge in [-0.1, -0.05) is 6.07 Å². The van der Waals surface area contributed by atoms with Gasteiger partial charge in [-0.25, -0.2) is 0 Å². The van der Waals surface area contributed by atoms with Crippen molar-refractivity contribution < 1.29 is 9.53 Å². The lowest BCUT2D eigenvalue weighted by Crippen LogP contribution is -2.33. The average Bonchev–Trinajstić information content (AvgIpc) is 2.28. The summed E-state index contributed by atoms with van der Waals surface area (Å²) in [6, 6.07) is 3.93. The molecule has 106 valence electrons. The van der Waals surface area contributed by atoms with Crippen molar-refractivity contribution in [1.82, 2.24) is 0 Å². The van der Waals surface area contributed by atoms with Crippen LogP contribution in [0.5, 0.6) is 5.75 Å². The summed E-state index contributed by atoms with van der Waals surface area (Å²) < 4.78 is 5.31. The lowest BCUT2D eigenvalue weighted by atomic mass is 10.00. The second-order valence-corrected chi connectivity index (χ2v) is 5.70. The Hall–Kier alpha value is -1.55. The van der Waals surface area contributed by atoms with E-state index in [9.17, 15) is 4.79 Å². The third kappa shape index (κ3) is 4.91. The van der Waals surface area contributed by atoms with Gasteiger partial charge in [-0.15, -0.1) is 0 Å². The summed E-state index contributed by atoms with van der Waals surface area (Å²) in [5.74, 6) is 0.654. The molecule has 0 aliphatic rings. The smallest absolute Gasteiger partial charge is 0.224 e. The van der Waals surface area contributed by atoms with Crippen LogP contribution in [0.15, 0.2) is 12.1 Å². The van der Waals surface area contributed by atoms with E-state index >= 15 is 0 Å². The van der Waals surface area contributed by atoms with E-state index in [2.05, 4.69) is 5.32 Å². The van der Waals surface area contributed by atoms with Crippen LogP contribution in [0.1, 0.15) is 37.8 Å². The van der Waals surface area contributed by atoms with E-state index in [0.29, 0.717) is 18.6 Å². The molecule has 0 bridgehead atoms. The number of anilines is 1. The van der Waals surface area contributed by atoms with Gasteiger partial charge in [-0.05, 0) is 51.3 Å². The number of benzene rings is 1. The molecule has 0 aliphatic heterocycles. The van der Waals surface area contributed by atoms with Gasteiger partial charge < -0.3 is 15.8 Å². The molecule has 0 saturated carbocycles. The Bertz CT molecular complexity index is 462. The van der Waals surface area contributed by atoms with Gasteiger partial charge in [0.25, 0.3) is 0 Å². The van der Waals surface area contributed by atoms with Gasteiger partial charge in [-0.3, -0.25) is 4.79 Å². The Kier molecular flexibility index (Phi) is 4.95. The van der Waals surface area contributed by atoms with Crippen LogP contribution in [-0.2, 0) is 4.79 Å². The molecule has 1 aromatic rings. The minimum Gasteiger partial charge on any atom is -0.495 e. The zero-order valence-corrected chi connectivity index (χ0v) is 12.5. The summed E-state index contributed by atoms with van der Waals surface area (Å²) in [7, 11) is 1.60. The standard InChI is InChI=1S/C15H24N2O2/c1-10-8-11(2)14(12(9-10)19-5)17-13(18)6-7-15(3,4)16/h8-9H,6-7,16H2,1-5H3,(H,17,18). The number of hydrogen-bond donors (Lipinski definition) is 2. The predicted octanol–water partition coefficient (Wildman–Crippen LogP) is 2.77. The molecule has 0 spiro atoms. The molecule has 0 radical (unpaired) electrons. The highest BCUT2D eigenvalue weighted by molar-refractivity contribution is 5.93. The Morgan fingerprint density at radius 1 is 1.37 bits per heavy atom. The fourth-order valence-electron chi connectivity index (χ4n) is 1.89. The Morgan fingerprint density at radius 3 is 2.53 bits per heavy atom. The first-order valence-electron chi connectivity index (χ1n) is 6.47. The predicted molar refractivity (Wildman–Crippen MR) is 78.6 cm³/mol. The van der Waals surface area contributed by atoms with Crippen molar-refractivity contribution in [2.75, 3.05) is 12.4 Å². The van der Waals surface area contributed by atoms with E-state index in [1.807, 2.05) is 39.8 Å². The SMILES string of the molecule is COc1cc(C)cc(C)c1NC(=O)CCC(C)(C)N. The molecular weight excluding hydrogens is 240 g/mol. The van der Waals surface area contributed by atoms with Crippen molar-refractivity contribution in [3.63, 3.8) is 0 Å². The molecule has 3 N–H and O–H groups in total. The first-order chi connectivity index (χ1) is 8.73. The van der Waals surface area contributed by atoms with Crippen LogP contribution in [-0.4, -0.2) is 18.6 Å². The summed E-state index contributed by atoms with van der Waals surface area (Å²) in [4.78, 5) is 11.9. The molecule has 0 aromatic heterocycles. The molecule has 0 fully saturated rings. The second kappa shape index (κ2) is 6.06. The average molecular weight is 264 g/mol. The van der Waals surface area contributed by atoms with E-state index in [1.165, 1.54) is 0 Å². The molecule has 1 amide bonds. The van der Waals surface area contributed by atoms with Crippen molar-refractivity contribution >= 4 is 11.6 Å². The largest absolute Gasteiger partial charge is 0.495 e. The van der Waals surface area contributed by atoms with Crippen LogP contribution >= 0.6 is 0 Å². The van der Waals surface area contributed by atoms with Gasteiger partial charge in [0, 0.05) is 12.0 Å². The fraction of sp³-hybridized carbons (Fsp3) is 0.533. The number of nitrogens with one attached hydrogen (secondary N) is 1. The van der Waals surface area contributed by atoms with Crippen molar-refractivity contribution in [1.29, 1.82) is 0 Å². The summed E-state index contributed by atoms with van der Waals surface area (Å²) in [6.07, 6.45) is 1.05. The van der Waals surface area contributed by atoms with E-state index in [-0.39, 0.29) is 11.4 Å². The molecule has 0 saturated heterocycles. The Morgan fingerprint density at radius 2 is 2.00 bits per heavy atom. The molecule has 0 aliphatic carbocycles. The monoisotopic (exact) mass is 264 g/mol. The fourth-order valence-corrected chi connectivity index (χ4v) is 1.89. The number of rotatable bonds is 5. The highest BCUT2D eigenvalue weighted by Crippen LogP contribution is 2.29. The molecule has 4 heteroatoms. The van der Waals surface area contributed by atoms with Crippen LogP contribution < -0.4 is 15.8 Å². The molecule has 0 atom stereocenters. The Labute approximate surface area is 115 Å². The number of amides is 1. The lowest BCUT2D eigenvalue weighted by Gasteiger charge is -2.18. The van der Waals surface area contributed by atoms with E-state index in [1.54, 1.807) is 7.11 Å². The summed E-state index contributed by atoms with van der Waals surface area (Å²) in [5.41, 5.74) is 8.40. The Balaban J connectivity index is 2.79. The zero-order valence-electron chi connectivity index (χ0n) is 12.5. The third-order valence-corrected chi connectivity index (χ3v) is 2.92. The number of aryl methyl sites for hydroxylation is 2. The van der Waals surface area contributed by atoms with Gasteiger partial charge in [0.15, 0.2) is 0 Å². The topological polar surface area (TPSA) is 64.3 Å². The number of methoxy groups -OCH3 is 1. The maximum Gasteiger partial charge on any atom is 0.224 e. The van der Waals surface area contributed by atoms with Crippen molar-refractivity contribution in [2.24, 2.45) is 5.73 Å². The molecular formula is C15H24N2O2. The van der Waals surface area contributed by atoms with Crippen LogP contribution in [0.2, 0.25) is 0 Å². The minimum absolute atomic E-state index is 0.0382. The van der Waals surface area contributed by atoms with Crippen LogP contribution in [0.3, 0.4) is 0 Å². The van der Waals surface area contributed by atoms with Crippen molar-refractivity contribution in [3.05, 3.63) is 23.3 Å². The van der Waals surface area contributed by atoms with E-state index in [4.69, 9.17) is 10.5 Å². The number of carbonyl (C=O) groups is 1. The highest BCUT2D eigenvalue weighted by atomic mass is 16.5. The van der Waals surface area contributed by atoms with E-state index < -0.39 is 0 Å². The zero-order chi connectivity index (χ0) is 14.6. The van der Waals surface area contributed by atoms with E-state index in [0.717, 1.165) is 16.8 Å². The quantitative estimate of drug-likeness (QED) is 0.859. The van der Waals surface area contributed by atoms with Crippen LogP contribution in [0, 0.1) is 13.8 Å². The number of ether oxygens (including phenoxy) is 1. The van der Waals surface area contributed by atoms with Gasteiger partial charge in [0.05, 0.1) is 12.8 Å². The molecule has 0 unspecified atom stereocenters. The maximum absolute atomic E-state index is 11.9. The molecule has 0 heterocycles. The highest BCUT2D eigenvalue weighted by Gasteiger charge is 2.15. The molecule has 4 nitrogen and oxygen atoms in total. The number of nitrogens with two attached hydrogens (primary N) is 1. The molecule has 1 aromatic carbocycles. The summed E-state index contributed by atoms with van der Waals surface area (Å²) >= 11 is 0. The van der Waals surface area contributed by atoms with Crippen LogP contribution in [0.4, 0.5) is 5.69 Å². The van der Waals surface area contributed by atoms with Gasteiger partial charge in [0.1, 0.15) is 5.75 Å². The second-order valence-electron chi connectivity index (χ2n) is 5.70. The van der Waals surface area contributed by atoms with Gasteiger partial charge in [0.2, 0.25) is 5.91 Å². The first kappa shape index (κ1) is 15.5. The summed E-state index contributed by atoms with van der Waals surface area (Å²) in [6.45, 7) is 7.78. The lowest BCUT2D eigenvalue weighted by molar-refractivity contribution is -0.116. The third-order valence-electron chi connectivity index (χ3n) is 2.92. The van der Waals surface area contributed by atoms with Gasteiger partial charge >= 0.3 is 0 Å².